The van der Waals surface area contributed by atoms with Crippen LogP contribution in [0.15, 0.2) is 18.2 Å². The Labute approximate surface area is 105 Å². The summed E-state index contributed by atoms with van der Waals surface area (Å²) < 4.78 is 0. The number of carbonyl (C=O) groups excluding carboxylic acids is 1. The van der Waals surface area contributed by atoms with E-state index in [1.807, 2.05) is 23.1 Å². The number of likely N-dealkylation sites (tertiary alicyclic amines) is 1. The number of nitrogens with zero attached hydrogens (tertiary/aromatic N) is 1. The summed E-state index contributed by atoms with van der Waals surface area (Å²) in [5.74, 6) is 0.529. The molecule has 1 atom stereocenters. The van der Waals surface area contributed by atoms with Crippen molar-refractivity contribution >= 4 is 29.1 Å². The fourth-order valence-corrected chi connectivity index (χ4v) is 2.39. The van der Waals surface area contributed by atoms with Crippen molar-refractivity contribution in [2.75, 3.05) is 13.1 Å². The van der Waals surface area contributed by atoms with Gasteiger partial charge in [0.05, 0.1) is 10.0 Å². The summed E-state index contributed by atoms with van der Waals surface area (Å²) in [6.45, 7) is 3.23. The summed E-state index contributed by atoms with van der Waals surface area (Å²) in [5.41, 5.74) is 1.16. The van der Waals surface area contributed by atoms with Crippen molar-refractivity contribution < 1.29 is 4.79 Å². The number of carbonyl (C=O) groups is 1. The fourth-order valence-electron chi connectivity index (χ4n) is 2.08. The van der Waals surface area contributed by atoms with E-state index < -0.39 is 0 Å². The number of amides is 1. The molecule has 0 bridgehead atoms. The van der Waals surface area contributed by atoms with Gasteiger partial charge in [0.15, 0.2) is 0 Å². The second kappa shape index (κ2) is 4.64. The third kappa shape index (κ3) is 2.33. The van der Waals surface area contributed by atoms with Gasteiger partial charge in [0.1, 0.15) is 0 Å². The predicted molar refractivity (Wildman–Crippen MR) is 66.1 cm³/mol. The highest BCUT2D eigenvalue weighted by Gasteiger charge is 2.25. The fraction of sp³-hybridized carbons (Fsp3) is 0.417. The van der Waals surface area contributed by atoms with Crippen molar-refractivity contribution in [3.05, 3.63) is 33.8 Å². The van der Waals surface area contributed by atoms with Crippen LogP contribution >= 0.6 is 23.2 Å². The first-order valence-electron chi connectivity index (χ1n) is 5.28. The maximum Gasteiger partial charge on any atom is 0.219 e. The van der Waals surface area contributed by atoms with Crippen LogP contribution in [0.3, 0.4) is 0 Å². The minimum absolute atomic E-state index is 0.141. The van der Waals surface area contributed by atoms with E-state index in [0.717, 1.165) is 25.1 Å². The van der Waals surface area contributed by atoms with Gasteiger partial charge in [-0.2, -0.15) is 0 Å². The monoisotopic (exact) mass is 257 g/mol. The quantitative estimate of drug-likeness (QED) is 0.756. The molecule has 0 aromatic heterocycles. The zero-order valence-electron chi connectivity index (χ0n) is 9.04. The highest BCUT2D eigenvalue weighted by molar-refractivity contribution is 6.42. The normalized spacial score (nSPS) is 20.2. The third-order valence-corrected chi connectivity index (χ3v) is 3.79. The Balaban J connectivity index is 2.14. The molecule has 1 saturated heterocycles. The highest BCUT2D eigenvalue weighted by Crippen LogP contribution is 2.31. The van der Waals surface area contributed by atoms with E-state index in [4.69, 9.17) is 23.2 Å². The molecule has 1 amide bonds. The Kier molecular flexibility index (Phi) is 3.41. The van der Waals surface area contributed by atoms with Crippen LogP contribution in [0.1, 0.15) is 24.8 Å². The average molecular weight is 258 g/mol. The molecule has 0 radical (unpaired) electrons. The molecule has 2 rings (SSSR count). The van der Waals surface area contributed by atoms with Gasteiger partial charge in [0.25, 0.3) is 0 Å². The molecule has 0 N–H and O–H groups in total. The lowest BCUT2D eigenvalue weighted by Crippen LogP contribution is -2.25. The van der Waals surface area contributed by atoms with Crippen molar-refractivity contribution in [2.24, 2.45) is 0 Å². The molecule has 0 aliphatic carbocycles. The van der Waals surface area contributed by atoms with Crippen molar-refractivity contribution in [3.63, 3.8) is 0 Å². The van der Waals surface area contributed by atoms with Gasteiger partial charge in [-0.05, 0) is 24.1 Å². The molecule has 0 saturated carbocycles. The number of hydrogen-bond donors (Lipinski definition) is 0. The second-order valence-corrected chi connectivity index (χ2v) is 4.94. The lowest BCUT2D eigenvalue weighted by molar-refractivity contribution is -0.127. The molecule has 2 nitrogen and oxygen atoms in total. The van der Waals surface area contributed by atoms with E-state index in [1.54, 1.807) is 6.92 Å². The third-order valence-electron chi connectivity index (χ3n) is 3.05. The smallest absolute Gasteiger partial charge is 0.219 e. The second-order valence-electron chi connectivity index (χ2n) is 4.12. The van der Waals surface area contributed by atoms with Gasteiger partial charge in [-0.1, -0.05) is 29.3 Å². The molecule has 1 fully saturated rings. The van der Waals surface area contributed by atoms with Gasteiger partial charge in [0, 0.05) is 25.9 Å². The summed E-state index contributed by atoms with van der Waals surface area (Å²) >= 11 is 11.8. The summed E-state index contributed by atoms with van der Waals surface area (Å²) in [4.78, 5) is 13.1. The van der Waals surface area contributed by atoms with Crippen LogP contribution in [-0.4, -0.2) is 23.9 Å². The number of hydrogen-bond acceptors (Lipinski definition) is 1. The highest BCUT2D eigenvalue weighted by atomic mass is 35.5. The Morgan fingerprint density at radius 3 is 2.69 bits per heavy atom. The van der Waals surface area contributed by atoms with Crippen LogP contribution in [-0.2, 0) is 4.79 Å². The molecule has 4 heteroatoms. The standard InChI is InChI=1S/C12H13Cl2NO/c1-8(16)15-5-4-10(7-15)9-2-3-11(13)12(14)6-9/h2-3,6,10H,4-5,7H2,1H3. The molecule has 1 aliphatic rings. The van der Waals surface area contributed by atoms with Crippen LogP contribution in [0.25, 0.3) is 0 Å². The minimum atomic E-state index is 0.141. The van der Waals surface area contributed by atoms with E-state index in [1.165, 1.54) is 0 Å². The van der Waals surface area contributed by atoms with Gasteiger partial charge >= 0.3 is 0 Å². The van der Waals surface area contributed by atoms with Crippen LogP contribution in [0.4, 0.5) is 0 Å². The van der Waals surface area contributed by atoms with Crippen molar-refractivity contribution in [1.82, 2.24) is 4.90 Å². The lowest BCUT2D eigenvalue weighted by atomic mass is 9.99. The Morgan fingerprint density at radius 1 is 1.38 bits per heavy atom. The SMILES string of the molecule is CC(=O)N1CCC(c2ccc(Cl)c(Cl)c2)C1. The van der Waals surface area contributed by atoms with E-state index in [0.29, 0.717) is 16.0 Å². The molecule has 0 spiro atoms. The average Bonchev–Trinajstić information content (AvgIpc) is 2.71. The van der Waals surface area contributed by atoms with Crippen molar-refractivity contribution in [3.8, 4) is 0 Å². The first-order valence-corrected chi connectivity index (χ1v) is 6.04. The van der Waals surface area contributed by atoms with Gasteiger partial charge in [-0.25, -0.2) is 0 Å². The van der Waals surface area contributed by atoms with Crippen LogP contribution in [0.2, 0.25) is 10.0 Å². The molecule has 16 heavy (non-hydrogen) atoms. The molecule has 1 unspecified atom stereocenters. The number of benzene rings is 1. The molecule has 1 aromatic carbocycles. The summed E-state index contributed by atoms with van der Waals surface area (Å²) in [6.07, 6.45) is 0.998. The largest absolute Gasteiger partial charge is 0.342 e. The van der Waals surface area contributed by atoms with Crippen molar-refractivity contribution in [1.29, 1.82) is 0 Å². The Morgan fingerprint density at radius 2 is 2.12 bits per heavy atom. The first kappa shape index (κ1) is 11.7. The molecular formula is C12H13Cl2NO. The van der Waals surface area contributed by atoms with E-state index in [2.05, 4.69) is 0 Å². The van der Waals surface area contributed by atoms with Crippen molar-refractivity contribution in [2.45, 2.75) is 19.3 Å². The van der Waals surface area contributed by atoms with Crippen LogP contribution < -0.4 is 0 Å². The molecular weight excluding hydrogens is 245 g/mol. The number of halogens is 2. The van der Waals surface area contributed by atoms with Crippen LogP contribution in [0.5, 0.6) is 0 Å². The minimum Gasteiger partial charge on any atom is -0.342 e. The molecule has 1 aliphatic heterocycles. The summed E-state index contributed by atoms with van der Waals surface area (Å²) in [7, 11) is 0. The number of rotatable bonds is 1. The molecule has 1 heterocycles. The van der Waals surface area contributed by atoms with E-state index in [-0.39, 0.29) is 5.91 Å². The maximum atomic E-state index is 11.2. The van der Waals surface area contributed by atoms with Gasteiger partial charge < -0.3 is 4.90 Å². The topological polar surface area (TPSA) is 20.3 Å². The van der Waals surface area contributed by atoms with Gasteiger partial charge in [-0.15, -0.1) is 0 Å². The van der Waals surface area contributed by atoms with E-state index in [9.17, 15) is 4.79 Å². The van der Waals surface area contributed by atoms with E-state index >= 15 is 0 Å². The predicted octanol–water partition coefficient (Wildman–Crippen LogP) is 3.33. The van der Waals surface area contributed by atoms with Crippen LogP contribution in [0, 0.1) is 0 Å². The molecule has 86 valence electrons. The summed E-state index contributed by atoms with van der Waals surface area (Å²) in [6, 6.07) is 5.70. The first-order chi connectivity index (χ1) is 7.58. The maximum absolute atomic E-state index is 11.2. The molecule has 1 aromatic rings. The zero-order chi connectivity index (χ0) is 11.7. The Bertz CT molecular complexity index is 419. The van der Waals surface area contributed by atoms with Gasteiger partial charge in [0.2, 0.25) is 5.91 Å². The van der Waals surface area contributed by atoms with Gasteiger partial charge in [-0.3, -0.25) is 4.79 Å². The lowest BCUT2D eigenvalue weighted by Gasteiger charge is -2.14. The Hall–Kier alpha value is -0.730. The summed E-state index contributed by atoms with van der Waals surface area (Å²) in [5, 5.41) is 1.16. The zero-order valence-corrected chi connectivity index (χ0v) is 10.6.